The maximum Gasteiger partial charge on any atom is 0.178 e. The minimum absolute atomic E-state index is 0.00453. The van der Waals surface area contributed by atoms with Crippen molar-refractivity contribution in [2.45, 2.75) is 100.0 Å². The van der Waals surface area contributed by atoms with Crippen molar-refractivity contribution < 1.29 is 32.5 Å². The number of hydrogen-bond donors (Lipinski definition) is 2. The minimum atomic E-state index is -3.55. The van der Waals surface area contributed by atoms with E-state index in [9.17, 15) is 13.5 Å². The summed E-state index contributed by atoms with van der Waals surface area (Å²) in [6.45, 7) is 17.7. The Labute approximate surface area is 270 Å². The molecular weight excluding hydrogens is 590 g/mol. The Morgan fingerprint density at radius 1 is 1.07 bits per heavy atom. The van der Waals surface area contributed by atoms with Crippen LogP contribution in [0.1, 0.15) is 52.4 Å². The number of aliphatic hydroxyl groups is 1. The molecule has 45 heavy (non-hydrogen) atoms. The number of hydrogen-bond acceptors (Lipinski definition) is 8. The second-order valence-corrected chi connectivity index (χ2v) is 15.0. The van der Waals surface area contributed by atoms with Crippen LogP contribution in [0.25, 0.3) is 0 Å². The number of benzene rings is 1. The van der Waals surface area contributed by atoms with Crippen LogP contribution in [0, 0.1) is 17.8 Å². The van der Waals surface area contributed by atoms with Crippen LogP contribution >= 0.6 is 0 Å². The van der Waals surface area contributed by atoms with Gasteiger partial charge >= 0.3 is 0 Å². The quantitative estimate of drug-likeness (QED) is 0.187. The van der Waals surface area contributed by atoms with Crippen LogP contribution in [0.3, 0.4) is 0 Å². The maximum atomic E-state index is 13.5. The molecule has 0 spiro atoms. The standard InChI is InChI=1S/C36H53NO7S/c1-6-16-41-17-10-11-29-19-25(3)33(42-29)15-14-30-18-24(2)26(4)35(43-30)21-36-32(27(5)34(44-36)20-28(38)22-37)23-45(39,40)31-12-8-7-9-13-31/h6-13,24,27-30,32-36,38H,1,3-4,14-23,37H2,2,5H3/b11-10+/t24-,27-,28+,29+,30+,32-,33?,34-,35-,36?/m1/s1. The normalized spacial score (nSPS) is 33.2. The van der Waals surface area contributed by atoms with E-state index in [4.69, 9.17) is 24.7 Å². The predicted octanol–water partition coefficient (Wildman–Crippen LogP) is 5.18. The fourth-order valence-corrected chi connectivity index (χ4v) is 8.69. The molecule has 0 aliphatic carbocycles. The number of nitrogens with two attached hydrogens (primary N) is 1. The molecule has 2 unspecified atom stereocenters. The van der Waals surface area contributed by atoms with E-state index in [0.29, 0.717) is 31.0 Å². The summed E-state index contributed by atoms with van der Waals surface area (Å²) < 4.78 is 51.9. The SMILES string of the molecule is C=CCOC/C=C/[C@H]1CC(=C)C(CC[C@H]2C[C@@H](C)C(=C)[C@@H](CC3O[C@H](C[C@H](O)CN)[C@H](C)[C@H]3CS(=O)(=O)c3ccccc3)O2)O1. The van der Waals surface area contributed by atoms with Gasteiger partial charge in [-0.1, -0.05) is 63.4 Å². The molecule has 3 fully saturated rings. The van der Waals surface area contributed by atoms with Gasteiger partial charge in [0.15, 0.2) is 9.84 Å². The summed E-state index contributed by atoms with van der Waals surface area (Å²) in [6, 6.07) is 8.56. The summed E-state index contributed by atoms with van der Waals surface area (Å²) in [6.07, 6.45) is 8.36. The molecule has 9 heteroatoms. The summed E-state index contributed by atoms with van der Waals surface area (Å²) in [7, 11) is -3.55. The van der Waals surface area contributed by atoms with E-state index < -0.39 is 15.9 Å². The number of sulfone groups is 1. The predicted molar refractivity (Wildman–Crippen MR) is 177 cm³/mol. The van der Waals surface area contributed by atoms with E-state index in [1.165, 1.54) is 0 Å². The van der Waals surface area contributed by atoms with Crippen LogP contribution in [0.4, 0.5) is 0 Å². The summed E-state index contributed by atoms with van der Waals surface area (Å²) in [5.41, 5.74) is 7.83. The lowest BCUT2D eigenvalue weighted by Crippen LogP contribution is -2.38. The van der Waals surface area contributed by atoms with Gasteiger partial charge in [0.1, 0.15) is 0 Å². The van der Waals surface area contributed by atoms with Crippen LogP contribution in [0.2, 0.25) is 0 Å². The van der Waals surface area contributed by atoms with Gasteiger partial charge in [0.05, 0.1) is 66.6 Å². The third-order valence-corrected chi connectivity index (χ3v) is 11.5. The molecule has 3 aliphatic heterocycles. The van der Waals surface area contributed by atoms with E-state index in [2.05, 4.69) is 26.7 Å². The summed E-state index contributed by atoms with van der Waals surface area (Å²) in [5, 5.41) is 10.3. The Kier molecular flexibility index (Phi) is 13.2. The molecule has 10 atom stereocenters. The molecule has 1 aromatic carbocycles. The van der Waals surface area contributed by atoms with Crippen molar-refractivity contribution in [3.05, 3.63) is 79.4 Å². The Bertz CT molecular complexity index is 1270. The van der Waals surface area contributed by atoms with Gasteiger partial charge in [0, 0.05) is 31.7 Å². The van der Waals surface area contributed by atoms with Crippen molar-refractivity contribution in [2.75, 3.05) is 25.5 Å². The van der Waals surface area contributed by atoms with Gasteiger partial charge in [-0.15, -0.1) is 6.58 Å². The average Bonchev–Trinajstić information content (AvgIpc) is 3.51. The van der Waals surface area contributed by atoms with Gasteiger partial charge in [-0.2, -0.15) is 0 Å². The lowest BCUT2D eigenvalue weighted by atomic mass is 9.82. The van der Waals surface area contributed by atoms with Gasteiger partial charge in [0.2, 0.25) is 0 Å². The van der Waals surface area contributed by atoms with Gasteiger partial charge in [-0.3, -0.25) is 0 Å². The maximum absolute atomic E-state index is 13.5. The first-order valence-corrected chi connectivity index (χ1v) is 18.0. The molecule has 3 aliphatic rings. The molecule has 3 heterocycles. The molecule has 3 N–H and O–H groups in total. The van der Waals surface area contributed by atoms with Gasteiger partial charge < -0.3 is 29.8 Å². The van der Waals surface area contributed by atoms with Crippen molar-refractivity contribution in [3.63, 3.8) is 0 Å². The lowest BCUT2D eigenvalue weighted by molar-refractivity contribution is -0.0745. The van der Waals surface area contributed by atoms with Gasteiger partial charge in [0.25, 0.3) is 0 Å². The molecular formula is C36H53NO7S. The summed E-state index contributed by atoms with van der Waals surface area (Å²) in [5.74, 6) is -0.124. The van der Waals surface area contributed by atoms with Crippen molar-refractivity contribution in [3.8, 4) is 0 Å². The van der Waals surface area contributed by atoms with Crippen molar-refractivity contribution in [1.29, 1.82) is 0 Å². The average molecular weight is 644 g/mol. The molecule has 0 radical (unpaired) electrons. The monoisotopic (exact) mass is 643 g/mol. The number of aliphatic hydroxyl groups excluding tert-OH is 1. The van der Waals surface area contributed by atoms with Crippen LogP contribution in [0.5, 0.6) is 0 Å². The van der Waals surface area contributed by atoms with Gasteiger partial charge in [-0.25, -0.2) is 8.42 Å². The Balaban J connectivity index is 1.40. The minimum Gasteiger partial charge on any atom is -0.392 e. The van der Waals surface area contributed by atoms with Crippen LogP contribution in [0.15, 0.2) is 84.3 Å². The third-order valence-electron chi connectivity index (χ3n) is 9.65. The highest BCUT2D eigenvalue weighted by Gasteiger charge is 2.46. The van der Waals surface area contributed by atoms with E-state index in [-0.39, 0.29) is 66.7 Å². The second kappa shape index (κ2) is 16.6. The smallest absolute Gasteiger partial charge is 0.178 e. The zero-order valence-corrected chi connectivity index (χ0v) is 27.8. The molecule has 0 amide bonds. The molecule has 3 saturated heterocycles. The van der Waals surface area contributed by atoms with E-state index in [1.54, 1.807) is 30.3 Å². The molecule has 1 aromatic rings. The fraction of sp³-hybridized carbons (Fsp3) is 0.611. The lowest BCUT2D eigenvalue weighted by Gasteiger charge is -2.38. The summed E-state index contributed by atoms with van der Waals surface area (Å²) >= 11 is 0. The first-order valence-electron chi connectivity index (χ1n) is 16.4. The van der Waals surface area contributed by atoms with Crippen LogP contribution in [-0.2, 0) is 28.8 Å². The highest BCUT2D eigenvalue weighted by atomic mass is 32.2. The first-order chi connectivity index (χ1) is 21.5. The molecule has 4 rings (SSSR count). The van der Waals surface area contributed by atoms with E-state index in [1.807, 2.05) is 25.1 Å². The Morgan fingerprint density at radius 3 is 2.53 bits per heavy atom. The molecule has 0 bridgehead atoms. The first kappa shape index (κ1) is 35.7. The number of ether oxygens (including phenoxy) is 4. The van der Waals surface area contributed by atoms with Crippen LogP contribution in [-0.4, -0.2) is 81.8 Å². The molecule has 0 aromatic heterocycles. The zero-order valence-electron chi connectivity index (χ0n) is 27.0. The molecule has 250 valence electrons. The molecule has 0 saturated carbocycles. The van der Waals surface area contributed by atoms with Crippen molar-refractivity contribution in [1.82, 2.24) is 0 Å². The van der Waals surface area contributed by atoms with Crippen molar-refractivity contribution in [2.24, 2.45) is 23.5 Å². The summed E-state index contributed by atoms with van der Waals surface area (Å²) in [4.78, 5) is 0.308. The molecule has 8 nitrogen and oxygen atoms in total. The van der Waals surface area contributed by atoms with E-state index >= 15 is 0 Å². The van der Waals surface area contributed by atoms with Crippen molar-refractivity contribution >= 4 is 9.84 Å². The number of rotatable bonds is 16. The largest absolute Gasteiger partial charge is 0.392 e. The Hall–Kier alpha value is -2.11. The van der Waals surface area contributed by atoms with E-state index in [0.717, 1.165) is 36.8 Å². The third kappa shape index (κ3) is 9.70. The fourth-order valence-electron chi connectivity index (χ4n) is 6.90. The van der Waals surface area contributed by atoms with Gasteiger partial charge in [-0.05, 0) is 54.4 Å². The second-order valence-electron chi connectivity index (χ2n) is 13.0. The Morgan fingerprint density at radius 2 is 1.82 bits per heavy atom. The highest BCUT2D eigenvalue weighted by Crippen LogP contribution is 2.42. The topological polar surface area (TPSA) is 117 Å². The highest BCUT2D eigenvalue weighted by molar-refractivity contribution is 7.91. The van der Waals surface area contributed by atoms with Crippen LogP contribution < -0.4 is 5.73 Å². The zero-order chi connectivity index (χ0) is 32.6.